The largest absolute Gasteiger partial charge is 0.382 e. The normalized spacial score (nSPS) is 14.1. The lowest BCUT2D eigenvalue weighted by Crippen LogP contribution is -2.03. The standard InChI is InChI=1S/C6H7N5/c1-11-3-10-5(7)4-6(11)9-2-8-4/h2-3H,7H2,1H3/i2D,3D/hD. The molecule has 0 fully saturated rings. The van der Waals surface area contributed by atoms with Crippen molar-refractivity contribution in [3.05, 3.63) is 12.6 Å². The van der Waals surface area contributed by atoms with Crippen molar-refractivity contribution >= 4 is 5.82 Å². The molecule has 5 heteroatoms. The van der Waals surface area contributed by atoms with Crippen molar-refractivity contribution in [2.75, 3.05) is 5.73 Å². The van der Waals surface area contributed by atoms with E-state index < -0.39 is 0 Å². The number of rotatable bonds is 1. The molecule has 5 nitrogen and oxygen atoms in total. The van der Waals surface area contributed by atoms with Crippen molar-refractivity contribution in [3.8, 4) is 11.5 Å². The summed E-state index contributed by atoms with van der Waals surface area (Å²) in [5.74, 6) is 0.527. The Balaban J connectivity index is 2.80. The number of fused-ring (bicyclic) bond motifs is 1. The van der Waals surface area contributed by atoms with Crippen LogP contribution in [0.5, 0.6) is 0 Å². The van der Waals surface area contributed by atoms with Gasteiger partial charge in [-0.2, -0.15) is 0 Å². The first-order valence-corrected chi connectivity index (χ1v) is 2.99. The Morgan fingerprint density at radius 1 is 1.64 bits per heavy atom. The average Bonchev–Trinajstić information content (AvgIpc) is 2.54. The summed E-state index contributed by atoms with van der Waals surface area (Å²) in [6.07, 6.45) is -0.174. The van der Waals surface area contributed by atoms with E-state index in [0.29, 0.717) is 11.5 Å². The van der Waals surface area contributed by atoms with Gasteiger partial charge in [-0.15, -0.1) is 0 Å². The van der Waals surface area contributed by atoms with Crippen LogP contribution in [0, 0.1) is 0 Å². The molecule has 56 valence electrons. The predicted molar refractivity (Wildman–Crippen MR) is 39.8 cm³/mol. The molecule has 0 amide bonds. The van der Waals surface area contributed by atoms with E-state index >= 15 is 0 Å². The zero-order chi connectivity index (χ0) is 10.3. The number of aromatic nitrogens is 4. The van der Waals surface area contributed by atoms with E-state index in [9.17, 15) is 0 Å². The quantitative estimate of drug-likeness (QED) is 0.619. The zero-order valence-corrected chi connectivity index (χ0v) is 5.79. The predicted octanol–water partition coefficient (Wildman–Crippen LogP) is -0.103. The second kappa shape index (κ2) is 1.91. The highest BCUT2D eigenvalue weighted by atomic mass is 15.1. The van der Waals surface area contributed by atoms with Gasteiger partial charge >= 0.3 is 0 Å². The number of hydrogen-bond acceptors (Lipinski definition) is 4. The van der Waals surface area contributed by atoms with Crippen molar-refractivity contribution in [1.29, 1.82) is 0 Å². The minimum atomic E-state index is -0.139. The minimum Gasteiger partial charge on any atom is -0.382 e. The molecule has 0 atom stereocenters. The van der Waals surface area contributed by atoms with Crippen molar-refractivity contribution < 1.29 is 4.15 Å². The molecule has 2 N–H and O–H groups in total. The SMILES string of the molecule is [2H]Nc1nc([2H])n(C)c2nc([2H])nc1-2. The highest BCUT2D eigenvalue weighted by Crippen LogP contribution is 2.19. The molecule has 0 aromatic heterocycles. The molecular weight excluding hydrogens is 142 g/mol. The molecule has 2 heterocycles. The van der Waals surface area contributed by atoms with Gasteiger partial charge in [0.25, 0.3) is 0 Å². The first-order valence-electron chi connectivity index (χ1n) is 4.49. The van der Waals surface area contributed by atoms with E-state index in [1.807, 2.05) is 0 Å². The first-order chi connectivity index (χ1) is 6.63. The number of anilines is 1. The first kappa shape index (κ1) is 3.66. The molecule has 2 rings (SSSR count). The Bertz CT molecular complexity index is 453. The monoisotopic (exact) mass is 152 g/mol. The van der Waals surface area contributed by atoms with Gasteiger partial charge in [0.1, 0.15) is 14.7 Å². The van der Waals surface area contributed by atoms with Gasteiger partial charge in [-0.05, 0) is 0 Å². The summed E-state index contributed by atoms with van der Waals surface area (Å²) in [6, 6.07) is 0. The van der Waals surface area contributed by atoms with Gasteiger partial charge in [0.15, 0.2) is 13.1 Å². The second-order valence-corrected chi connectivity index (χ2v) is 2.12. The number of nitrogens with two attached hydrogens (primary N) is 1. The summed E-state index contributed by atoms with van der Waals surface area (Å²) in [5.41, 5.74) is 2.41. The Hall–Kier alpha value is -1.65. The Labute approximate surface area is 67.5 Å². The van der Waals surface area contributed by atoms with E-state index in [-0.39, 0.29) is 18.4 Å². The van der Waals surface area contributed by atoms with Crippen molar-refractivity contribution in [2.24, 2.45) is 7.05 Å². The summed E-state index contributed by atoms with van der Waals surface area (Å²) < 4.78 is 23.1. The molecule has 0 bridgehead atoms. The van der Waals surface area contributed by atoms with Crippen LogP contribution in [0.2, 0.25) is 1.41 Å². The summed E-state index contributed by atoms with van der Waals surface area (Å²) in [5, 5.41) is 0. The third kappa shape index (κ3) is 0.739. The molecule has 0 spiro atoms. The van der Waals surface area contributed by atoms with Crippen LogP contribution in [0.1, 0.15) is 2.74 Å². The number of nitrogen functional groups attached to an aromatic ring is 1. The fourth-order valence-electron chi connectivity index (χ4n) is 0.843. The van der Waals surface area contributed by atoms with Gasteiger partial charge in [-0.25, -0.2) is 15.0 Å². The fraction of sp³-hybridized carbons (Fsp3) is 0.167. The molecule has 0 aromatic carbocycles. The van der Waals surface area contributed by atoms with E-state index in [4.69, 9.17) is 4.15 Å². The Kier molecular flexibility index (Phi) is 0.637. The molecule has 0 radical (unpaired) electrons. The molecule has 2 aliphatic rings. The van der Waals surface area contributed by atoms with Gasteiger partial charge in [-0.3, -0.25) is 0 Å². The summed E-state index contributed by atoms with van der Waals surface area (Å²) in [4.78, 5) is 11.4. The average molecular weight is 152 g/mol. The second-order valence-electron chi connectivity index (χ2n) is 2.12. The lowest BCUT2D eigenvalue weighted by Gasteiger charge is -2.04. The fourth-order valence-corrected chi connectivity index (χ4v) is 0.843. The molecule has 0 saturated carbocycles. The summed E-state index contributed by atoms with van der Waals surface area (Å²) in [7, 11) is 1.61. The molecule has 0 saturated heterocycles. The maximum Gasteiger partial charge on any atom is 0.165 e. The topological polar surface area (TPSA) is 69.6 Å². The highest BCUT2D eigenvalue weighted by molar-refractivity contribution is 5.64. The van der Waals surface area contributed by atoms with Crippen LogP contribution in [0.4, 0.5) is 5.82 Å². The van der Waals surface area contributed by atoms with Crippen LogP contribution in [0.15, 0.2) is 12.6 Å². The van der Waals surface area contributed by atoms with Gasteiger partial charge in [0.2, 0.25) is 0 Å². The number of nitrogens with zero attached hydrogens (tertiary/aromatic N) is 4. The van der Waals surface area contributed by atoms with Crippen LogP contribution in [0.25, 0.3) is 11.5 Å². The zero-order valence-electron chi connectivity index (χ0n) is 8.79. The van der Waals surface area contributed by atoms with E-state index in [1.54, 1.807) is 7.05 Å². The Morgan fingerprint density at radius 3 is 3.36 bits per heavy atom. The number of hydrogen-bond donors (Lipinski definition) is 1. The van der Waals surface area contributed by atoms with Crippen molar-refractivity contribution in [3.63, 3.8) is 0 Å². The van der Waals surface area contributed by atoms with E-state index in [1.165, 1.54) is 4.57 Å². The van der Waals surface area contributed by atoms with Gasteiger partial charge in [0, 0.05) is 7.05 Å². The van der Waals surface area contributed by atoms with Crippen LogP contribution < -0.4 is 5.73 Å². The molecule has 2 aliphatic heterocycles. The summed E-state index contributed by atoms with van der Waals surface area (Å²) in [6.45, 7) is 0. The maximum absolute atomic E-state index is 7.45. The lowest BCUT2D eigenvalue weighted by molar-refractivity contribution is 0.855. The van der Waals surface area contributed by atoms with Gasteiger partial charge in [-0.1, -0.05) is 0 Å². The molecule has 11 heavy (non-hydrogen) atoms. The van der Waals surface area contributed by atoms with Crippen molar-refractivity contribution in [2.45, 2.75) is 0 Å². The van der Waals surface area contributed by atoms with Crippen LogP contribution in [0.3, 0.4) is 0 Å². The van der Waals surface area contributed by atoms with Gasteiger partial charge < -0.3 is 10.3 Å². The molecule has 0 aromatic rings. The maximum atomic E-state index is 7.45. The number of imidazole rings is 1. The van der Waals surface area contributed by atoms with Crippen LogP contribution in [-0.2, 0) is 7.05 Å². The lowest BCUT2D eigenvalue weighted by atomic mass is 10.4. The molecule has 0 unspecified atom stereocenters. The third-order valence-electron chi connectivity index (χ3n) is 1.38. The van der Waals surface area contributed by atoms with E-state index in [2.05, 4.69) is 20.7 Å². The molecule has 0 aliphatic carbocycles. The van der Waals surface area contributed by atoms with E-state index in [0.717, 1.165) is 0 Å². The smallest absolute Gasteiger partial charge is 0.165 e. The highest BCUT2D eigenvalue weighted by Gasteiger charge is 2.11. The van der Waals surface area contributed by atoms with Crippen LogP contribution in [-0.4, -0.2) is 19.5 Å². The van der Waals surface area contributed by atoms with Crippen molar-refractivity contribution in [1.82, 2.24) is 19.5 Å². The minimum absolute atomic E-state index is 0.0350. The summed E-state index contributed by atoms with van der Waals surface area (Å²) >= 11 is 0. The van der Waals surface area contributed by atoms with Gasteiger partial charge in [0.05, 0.1) is 6.30 Å². The van der Waals surface area contributed by atoms with Crippen LogP contribution >= 0.6 is 0 Å². The third-order valence-corrected chi connectivity index (χ3v) is 1.38. The Morgan fingerprint density at radius 2 is 2.55 bits per heavy atom. The molecular formula is C6H7N5.